The monoisotopic (exact) mass is 356 g/mol. The molecule has 1 unspecified atom stereocenters. The molecule has 1 amide bonds. The van der Waals surface area contributed by atoms with E-state index in [1.54, 1.807) is 13.1 Å². The molecule has 0 spiro atoms. The van der Waals surface area contributed by atoms with E-state index in [1.165, 1.54) is 6.33 Å². The van der Waals surface area contributed by atoms with Crippen LogP contribution >= 0.6 is 11.6 Å². The topological polar surface area (TPSA) is 92.7 Å². The van der Waals surface area contributed by atoms with Crippen molar-refractivity contribution in [2.24, 2.45) is 0 Å². The molecule has 3 aromatic rings. The van der Waals surface area contributed by atoms with Gasteiger partial charge in [0.05, 0.1) is 5.52 Å². The quantitative estimate of drug-likeness (QED) is 0.683. The Bertz CT molecular complexity index is 917. The zero-order valence-electron chi connectivity index (χ0n) is 13.8. The number of hydrogen-bond acceptors (Lipinski definition) is 6. The van der Waals surface area contributed by atoms with Crippen LogP contribution in [-0.4, -0.2) is 39.4 Å². The Morgan fingerprint density at radius 3 is 2.80 bits per heavy atom. The van der Waals surface area contributed by atoms with Crippen LogP contribution in [0.25, 0.3) is 10.9 Å². The van der Waals surface area contributed by atoms with Crippen molar-refractivity contribution < 1.29 is 4.79 Å². The van der Waals surface area contributed by atoms with E-state index in [0.29, 0.717) is 29.0 Å². The molecule has 0 saturated carbocycles. The number of fused-ring (bicyclic) bond motifs is 1. The predicted molar refractivity (Wildman–Crippen MR) is 96.9 cm³/mol. The second-order valence-corrected chi connectivity index (χ2v) is 5.92. The van der Waals surface area contributed by atoms with Crippen molar-refractivity contribution in [1.29, 1.82) is 0 Å². The number of nitrogens with one attached hydrogen (secondary N) is 2. The third kappa shape index (κ3) is 3.83. The van der Waals surface area contributed by atoms with Gasteiger partial charge in [0, 0.05) is 31.0 Å². The molecule has 2 heterocycles. The molecular formula is C17H17ClN6O. The maximum atomic E-state index is 12.2. The average Bonchev–Trinajstić information content (AvgIpc) is 2.64. The first kappa shape index (κ1) is 17.0. The molecule has 128 valence electrons. The summed E-state index contributed by atoms with van der Waals surface area (Å²) in [6.45, 7) is 2.52. The highest BCUT2D eigenvalue weighted by Crippen LogP contribution is 2.20. The first-order valence-corrected chi connectivity index (χ1v) is 8.16. The van der Waals surface area contributed by atoms with E-state index < -0.39 is 0 Å². The van der Waals surface area contributed by atoms with Crippen molar-refractivity contribution >= 4 is 34.2 Å². The maximum Gasteiger partial charge on any atom is 0.270 e. The second-order valence-electron chi connectivity index (χ2n) is 5.53. The fraction of sp³-hybridized carbons (Fsp3) is 0.235. The van der Waals surface area contributed by atoms with Gasteiger partial charge in [0.25, 0.3) is 5.91 Å². The summed E-state index contributed by atoms with van der Waals surface area (Å²) in [6.07, 6.45) is 1.39. The number of carbonyl (C=O) groups excluding carboxylic acids is 1. The number of anilines is 1. The molecule has 0 aliphatic carbocycles. The summed E-state index contributed by atoms with van der Waals surface area (Å²) in [6, 6.07) is 9.11. The predicted octanol–water partition coefficient (Wildman–Crippen LogP) is 2.65. The van der Waals surface area contributed by atoms with Gasteiger partial charge in [-0.3, -0.25) is 4.79 Å². The van der Waals surface area contributed by atoms with E-state index in [0.717, 1.165) is 10.9 Å². The van der Waals surface area contributed by atoms with Crippen molar-refractivity contribution in [3.8, 4) is 0 Å². The van der Waals surface area contributed by atoms with Gasteiger partial charge in [-0.1, -0.05) is 36.7 Å². The van der Waals surface area contributed by atoms with E-state index in [4.69, 9.17) is 11.6 Å². The molecule has 0 radical (unpaired) electrons. The Kier molecular flexibility index (Phi) is 5.04. The van der Waals surface area contributed by atoms with E-state index >= 15 is 0 Å². The number of nitrogens with zero attached hydrogens (tertiary/aromatic N) is 4. The number of halogens is 1. The summed E-state index contributed by atoms with van der Waals surface area (Å²) in [5.74, 6) is 0.938. The Morgan fingerprint density at radius 2 is 2.04 bits per heavy atom. The van der Waals surface area contributed by atoms with Gasteiger partial charge in [-0.2, -0.15) is 0 Å². The number of amides is 1. The summed E-state index contributed by atoms with van der Waals surface area (Å²) >= 11 is 5.85. The van der Waals surface area contributed by atoms with Crippen molar-refractivity contribution in [1.82, 2.24) is 25.3 Å². The largest absolute Gasteiger partial charge is 0.369 e. The molecule has 25 heavy (non-hydrogen) atoms. The van der Waals surface area contributed by atoms with Gasteiger partial charge in [0.15, 0.2) is 0 Å². The normalized spacial score (nSPS) is 12.0. The zero-order valence-corrected chi connectivity index (χ0v) is 14.6. The maximum absolute atomic E-state index is 12.2. The van der Waals surface area contributed by atoms with Crippen molar-refractivity contribution in [3.05, 3.63) is 53.3 Å². The molecule has 0 saturated heterocycles. The van der Waals surface area contributed by atoms with Crippen molar-refractivity contribution in [3.63, 3.8) is 0 Å². The van der Waals surface area contributed by atoms with Crippen LogP contribution < -0.4 is 10.6 Å². The highest BCUT2D eigenvalue weighted by Gasteiger charge is 2.17. The number of rotatable bonds is 5. The van der Waals surface area contributed by atoms with Crippen LogP contribution in [0.5, 0.6) is 0 Å². The number of aromatic nitrogens is 4. The smallest absolute Gasteiger partial charge is 0.270 e. The van der Waals surface area contributed by atoms with Crippen LogP contribution in [0.15, 0.2) is 36.7 Å². The minimum absolute atomic E-state index is 0.0400. The third-order valence-electron chi connectivity index (χ3n) is 3.73. The lowest BCUT2D eigenvalue weighted by atomic mass is 10.1. The standard InChI is InChI=1S/C17H17ClN6O/c1-10(8-20-14-7-13(18)21-9-22-14)16-23-12-6-4-3-5-11(12)15(24-16)17(25)19-2/h3-7,9-10H,8H2,1-2H3,(H,19,25)(H,20,21,22). The molecule has 0 aliphatic rings. The number of carbonyl (C=O) groups is 1. The van der Waals surface area contributed by atoms with Crippen molar-refractivity contribution in [2.75, 3.05) is 18.9 Å². The minimum Gasteiger partial charge on any atom is -0.369 e. The summed E-state index contributed by atoms with van der Waals surface area (Å²) in [5, 5.41) is 6.90. The fourth-order valence-corrected chi connectivity index (χ4v) is 2.53. The van der Waals surface area contributed by atoms with Gasteiger partial charge in [-0.05, 0) is 6.07 Å². The van der Waals surface area contributed by atoms with E-state index in [9.17, 15) is 4.79 Å². The lowest BCUT2D eigenvalue weighted by Crippen LogP contribution is -2.22. The highest BCUT2D eigenvalue weighted by atomic mass is 35.5. The third-order valence-corrected chi connectivity index (χ3v) is 3.93. The van der Waals surface area contributed by atoms with Crippen LogP contribution in [0, 0.1) is 0 Å². The molecule has 2 aromatic heterocycles. The lowest BCUT2D eigenvalue weighted by Gasteiger charge is -2.14. The van der Waals surface area contributed by atoms with Gasteiger partial charge >= 0.3 is 0 Å². The van der Waals surface area contributed by atoms with Crippen LogP contribution in [0.3, 0.4) is 0 Å². The highest BCUT2D eigenvalue weighted by molar-refractivity contribution is 6.29. The van der Waals surface area contributed by atoms with E-state index in [2.05, 4.69) is 30.6 Å². The summed E-state index contributed by atoms with van der Waals surface area (Å²) in [5.41, 5.74) is 1.11. The van der Waals surface area contributed by atoms with Crippen LogP contribution in [0.2, 0.25) is 5.15 Å². The molecule has 1 atom stereocenters. The van der Waals surface area contributed by atoms with Gasteiger partial charge in [-0.25, -0.2) is 19.9 Å². The summed E-state index contributed by atoms with van der Waals surface area (Å²) in [4.78, 5) is 29.2. The zero-order chi connectivity index (χ0) is 17.8. The molecule has 7 nitrogen and oxygen atoms in total. The molecule has 0 aliphatic heterocycles. The Hall–Kier alpha value is -2.80. The Morgan fingerprint density at radius 1 is 1.24 bits per heavy atom. The average molecular weight is 357 g/mol. The Balaban J connectivity index is 1.88. The summed E-state index contributed by atoms with van der Waals surface area (Å²) < 4.78 is 0. The van der Waals surface area contributed by atoms with Gasteiger partial charge in [0.2, 0.25) is 0 Å². The van der Waals surface area contributed by atoms with Crippen LogP contribution in [-0.2, 0) is 0 Å². The first-order chi connectivity index (χ1) is 12.1. The number of benzene rings is 1. The molecule has 8 heteroatoms. The molecular weight excluding hydrogens is 340 g/mol. The lowest BCUT2D eigenvalue weighted by molar-refractivity contribution is 0.0959. The first-order valence-electron chi connectivity index (χ1n) is 7.78. The number of hydrogen-bond donors (Lipinski definition) is 2. The summed E-state index contributed by atoms with van der Waals surface area (Å²) in [7, 11) is 1.59. The van der Waals surface area contributed by atoms with Gasteiger partial charge in [-0.15, -0.1) is 0 Å². The molecule has 0 bridgehead atoms. The van der Waals surface area contributed by atoms with Crippen LogP contribution in [0.1, 0.15) is 29.2 Å². The van der Waals surface area contributed by atoms with E-state index in [-0.39, 0.29) is 11.8 Å². The van der Waals surface area contributed by atoms with Crippen molar-refractivity contribution in [2.45, 2.75) is 12.8 Å². The SMILES string of the molecule is CNC(=O)c1nc(C(C)CNc2cc(Cl)ncn2)nc2ccccc12. The van der Waals surface area contributed by atoms with Crippen LogP contribution in [0.4, 0.5) is 5.82 Å². The molecule has 2 N–H and O–H groups in total. The fourth-order valence-electron chi connectivity index (χ4n) is 2.39. The Labute approximate surface area is 149 Å². The van der Waals surface area contributed by atoms with Gasteiger partial charge < -0.3 is 10.6 Å². The molecule has 1 aromatic carbocycles. The van der Waals surface area contributed by atoms with Gasteiger partial charge in [0.1, 0.15) is 28.8 Å². The molecule has 3 rings (SSSR count). The molecule has 0 fully saturated rings. The number of para-hydroxylation sites is 1. The minimum atomic E-state index is -0.234. The van der Waals surface area contributed by atoms with E-state index in [1.807, 2.05) is 31.2 Å². The second kappa shape index (κ2) is 7.40.